The maximum atomic E-state index is 12.5. The number of carbonyl (C=O) groups excluding carboxylic acids is 3. The van der Waals surface area contributed by atoms with Gasteiger partial charge in [-0.15, -0.1) is 0 Å². The van der Waals surface area contributed by atoms with Gasteiger partial charge in [0, 0.05) is 6.04 Å². The molecule has 1 saturated heterocycles. The van der Waals surface area contributed by atoms with Crippen LogP contribution in [0.3, 0.4) is 0 Å². The van der Waals surface area contributed by atoms with Crippen LogP contribution in [-0.4, -0.2) is 40.9 Å². The first-order valence-corrected chi connectivity index (χ1v) is 7.96. The summed E-state index contributed by atoms with van der Waals surface area (Å²) in [5.74, 6) is -0.494. The summed E-state index contributed by atoms with van der Waals surface area (Å²) in [5, 5.41) is 5.68. The molecule has 1 aliphatic carbocycles. The molecule has 0 aromatic carbocycles. The minimum absolute atomic E-state index is 0.0990. The molecule has 2 fully saturated rings. The second-order valence-electron chi connectivity index (χ2n) is 6.05. The van der Waals surface area contributed by atoms with Crippen molar-refractivity contribution in [3.05, 3.63) is 0 Å². The molecule has 0 aromatic rings. The summed E-state index contributed by atoms with van der Waals surface area (Å²) in [6.07, 6.45) is 6.03. The first-order chi connectivity index (χ1) is 10.0. The van der Waals surface area contributed by atoms with Crippen LogP contribution in [0.5, 0.6) is 0 Å². The highest BCUT2D eigenvalue weighted by molar-refractivity contribution is 6.09. The Morgan fingerprint density at radius 1 is 1.24 bits per heavy atom. The molecule has 0 aromatic heterocycles. The number of nitrogens with zero attached hydrogens (tertiary/aromatic N) is 1. The Hall–Kier alpha value is -1.59. The minimum atomic E-state index is -0.746. The Bertz CT molecular complexity index is 426. The first kappa shape index (κ1) is 15.8. The first-order valence-electron chi connectivity index (χ1n) is 7.96. The third kappa shape index (κ3) is 3.19. The molecule has 0 unspecified atom stereocenters. The third-order valence-corrected chi connectivity index (χ3v) is 4.61. The summed E-state index contributed by atoms with van der Waals surface area (Å²) in [6, 6.07) is -0.330. The molecule has 6 nitrogen and oxygen atoms in total. The van der Waals surface area contributed by atoms with Crippen molar-refractivity contribution >= 4 is 17.8 Å². The van der Waals surface area contributed by atoms with Gasteiger partial charge in [-0.2, -0.15) is 0 Å². The molecule has 1 aliphatic heterocycles. The predicted octanol–water partition coefficient (Wildman–Crippen LogP) is 1.55. The molecule has 2 N–H and O–H groups in total. The van der Waals surface area contributed by atoms with Crippen LogP contribution in [0.15, 0.2) is 0 Å². The summed E-state index contributed by atoms with van der Waals surface area (Å²) < 4.78 is 0. The molecule has 0 radical (unpaired) electrons. The standard InChI is InChI=1S/C15H25N3O3/c1-3-11(4-2)16-12(19)10-18-13(20)15(17-14(18)21)8-6-5-7-9-15/h11H,3-10H2,1-2H3,(H,16,19)(H,17,21). The highest BCUT2D eigenvalue weighted by Gasteiger charge is 2.51. The smallest absolute Gasteiger partial charge is 0.325 e. The highest BCUT2D eigenvalue weighted by atomic mass is 16.2. The van der Waals surface area contributed by atoms with Crippen LogP contribution in [0.25, 0.3) is 0 Å². The molecular weight excluding hydrogens is 270 g/mol. The molecule has 4 amide bonds. The van der Waals surface area contributed by atoms with Crippen LogP contribution >= 0.6 is 0 Å². The van der Waals surface area contributed by atoms with Crippen LogP contribution in [-0.2, 0) is 9.59 Å². The van der Waals surface area contributed by atoms with Gasteiger partial charge in [-0.25, -0.2) is 4.79 Å². The van der Waals surface area contributed by atoms with Gasteiger partial charge in [0.1, 0.15) is 12.1 Å². The topological polar surface area (TPSA) is 78.5 Å². The lowest BCUT2D eigenvalue weighted by atomic mass is 9.82. The number of hydrogen-bond donors (Lipinski definition) is 2. The van der Waals surface area contributed by atoms with Crippen molar-refractivity contribution in [1.29, 1.82) is 0 Å². The summed E-state index contributed by atoms with van der Waals surface area (Å²) in [7, 11) is 0. The van der Waals surface area contributed by atoms with Crippen LogP contribution in [0.2, 0.25) is 0 Å². The van der Waals surface area contributed by atoms with Gasteiger partial charge in [0.15, 0.2) is 0 Å². The summed E-state index contributed by atoms with van der Waals surface area (Å²) in [4.78, 5) is 37.6. The molecular formula is C15H25N3O3. The van der Waals surface area contributed by atoms with Crippen molar-refractivity contribution in [3.63, 3.8) is 0 Å². The van der Waals surface area contributed by atoms with E-state index in [1.165, 1.54) is 0 Å². The van der Waals surface area contributed by atoms with Gasteiger partial charge in [-0.3, -0.25) is 14.5 Å². The van der Waals surface area contributed by atoms with E-state index in [1.807, 2.05) is 13.8 Å². The molecule has 1 spiro atoms. The maximum absolute atomic E-state index is 12.5. The Labute approximate surface area is 125 Å². The molecule has 2 aliphatic rings. The van der Waals surface area contributed by atoms with Gasteiger partial charge in [-0.05, 0) is 25.7 Å². The highest BCUT2D eigenvalue weighted by Crippen LogP contribution is 2.33. The van der Waals surface area contributed by atoms with Crippen molar-refractivity contribution in [3.8, 4) is 0 Å². The fraction of sp³-hybridized carbons (Fsp3) is 0.800. The number of urea groups is 1. The zero-order valence-corrected chi connectivity index (χ0v) is 12.9. The van der Waals surface area contributed by atoms with Gasteiger partial charge >= 0.3 is 6.03 Å². The van der Waals surface area contributed by atoms with Gasteiger partial charge in [0.2, 0.25) is 5.91 Å². The minimum Gasteiger partial charge on any atom is -0.352 e. The number of rotatable bonds is 5. The lowest BCUT2D eigenvalue weighted by molar-refractivity contribution is -0.136. The fourth-order valence-corrected chi connectivity index (χ4v) is 3.22. The Kier molecular flexibility index (Phi) is 4.85. The van der Waals surface area contributed by atoms with Crippen LogP contribution in [0.1, 0.15) is 58.8 Å². The molecule has 1 heterocycles. The lowest BCUT2D eigenvalue weighted by Crippen LogP contribution is -2.49. The van der Waals surface area contributed by atoms with E-state index in [4.69, 9.17) is 0 Å². The quantitative estimate of drug-likeness (QED) is 0.755. The van der Waals surface area contributed by atoms with E-state index in [0.717, 1.165) is 37.0 Å². The predicted molar refractivity (Wildman–Crippen MR) is 78.6 cm³/mol. The Morgan fingerprint density at radius 2 is 1.86 bits per heavy atom. The average Bonchev–Trinajstić information content (AvgIpc) is 2.70. The molecule has 118 valence electrons. The van der Waals surface area contributed by atoms with Crippen molar-refractivity contribution in [1.82, 2.24) is 15.5 Å². The Balaban J connectivity index is 1.98. The molecule has 21 heavy (non-hydrogen) atoms. The van der Waals surface area contributed by atoms with E-state index in [-0.39, 0.29) is 24.4 Å². The van der Waals surface area contributed by atoms with Gasteiger partial charge in [0.05, 0.1) is 0 Å². The van der Waals surface area contributed by atoms with Gasteiger partial charge < -0.3 is 10.6 Å². The second-order valence-corrected chi connectivity index (χ2v) is 6.05. The number of hydrogen-bond acceptors (Lipinski definition) is 3. The molecule has 6 heteroatoms. The summed E-state index contributed by atoms with van der Waals surface area (Å²) in [5.41, 5.74) is -0.746. The molecule has 2 rings (SSSR count). The number of amides is 4. The summed E-state index contributed by atoms with van der Waals surface area (Å²) >= 11 is 0. The largest absolute Gasteiger partial charge is 0.352 e. The summed E-state index contributed by atoms with van der Waals surface area (Å²) in [6.45, 7) is 3.82. The normalized spacial score (nSPS) is 21.0. The van der Waals surface area contributed by atoms with Crippen LogP contribution in [0, 0.1) is 0 Å². The van der Waals surface area contributed by atoms with E-state index >= 15 is 0 Å². The maximum Gasteiger partial charge on any atom is 0.325 e. The van der Waals surface area contributed by atoms with Crippen molar-refractivity contribution in [2.45, 2.75) is 70.4 Å². The molecule has 1 saturated carbocycles. The van der Waals surface area contributed by atoms with Gasteiger partial charge in [0.25, 0.3) is 5.91 Å². The van der Waals surface area contributed by atoms with Crippen molar-refractivity contribution < 1.29 is 14.4 Å². The zero-order valence-electron chi connectivity index (χ0n) is 12.9. The van der Waals surface area contributed by atoms with Crippen molar-refractivity contribution in [2.75, 3.05) is 6.54 Å². The number of imide groups is 1. The fourth-order valence-electron chi connectivity index (χ4n) is 3.22. The van der Waals surface area contributed by atoms with Gasteiger partial charge in [-0.1, -0.05) is 33.1 Å². The Morgan fingerprint density at radius 3 is 2.43 bits per heavy atom. The SMILES string of the molecule is CCC(CC)NC(=O)CN1C(=O)NC2(CCCCC2)C1=O. The third-order valence-electron chi connectivity index (χ3n) is 4.61. The number of carbonyl (C=O) groups is 3. The van der Waals surface area contributed by atoms with Crippen molar-refractivity contribution in [2.24, 2.45) is 0 Å². The van der Waals surface area contributed by atoms with E-state index in [2.05, 4.69) is 10.6 Å². The van der Waals surface area contributed by atoms with E-state index in [0.29, 0.717) is 12.8 Å². The monoisotopic (exact) mass is 295 g/mol. The lowest BCUT2D eigenvalue weighted by Gasteiger charge is -2.30. The zero-order chi connectivity index (χ0) is 15.5. The van der Waals surface area contributed by atoms with Crippen LogP contribution < -0.4 is 10.6 Å². The molecule has 0 bridgehead atoms. The average molecular weight is 295 g/mol. The van der Waals surface area contributed by atoms with E-state index in [1.54, 1.807) is 0 Å². The number of nitrogens with one attached hydrogen (secondary N) is 2. The second kappa shape index (κ2) is 6.45. The van der Waals surface area contributed by atoms with Crippen LogP contribution in [0.4, 0.5) is 4.79 Å². The van der Waals surface area contributed by atoms with E-state index < -0.39 is 11.6 Å². The molecule has 0 atom stereocenters. The van der Waals surface area contributed by atoms with E-state index in [9.17, 15) is 14.4 Å².